The molecule has 1 aromatic carbocycles. The van der Waals surface area contributed by atoms with Gasteiger partial charge in [0.2, 0.25) is 5.91 Å². The molecule has 5 heteroatoms. The zero-order chi connectivity index (χ0) is 15.5. The predicted molar refractivity (Wildman–Crippen MR) is 82.1 cm³/mol. The molecule has 0 heterocycles. The van der Waals surface area contributed by atoms with Crippen molar-refractivity contribution in [2.75, 3.05) is 6.54 Å². The number of oxime groups is 1. The number of carbonyl (C=O) groups excluding carboxylic acids is 1. The molecule has 2 rings (SSSR count). The molecule has 1 amide bonds. The summed E-state index contributed by atoms with van der Waals surface area (Å²) in [5.74, 6) is 0.310. The summed E-state index contributed by atoms with van der Waals surface area (Å²) < 4.78 is 0. The first-order valence-electron chi connectivity index (χ1n) is 7.30. The highest BCUT2D eigenvalue weighted by Gasteiger charge is 2.51. The third kappa shape index (κ3) is 3.17. The topological polar surface area (TPSA) is 87.7 Å². The zero-order valence-corrected chi connectivity index (χ0v) is 12.6. The Morgan fingerprint density at radius 1 is 1.52 bits per heavy atom. The lowest BCUT2D eigenvalue weighted by atomic mass is 9.61. The first kappa shape index (κ1) is 15.4. The van der Waals surface area contributed by atoms with Crippen LogP contribution in [-0.4, -0.2) is 23.5 Å². The molecule has 1 aliphatic carbocycles. The van der Waals surface area contributed by atoms with E-state index in [0.717, 1.165) is 6.42 Å². The molecule has 21 heavy (non-hydrogen) atoms. The van der Waals surface area contributed by atoms with E-state index in [1.165, 1.54) is 11.1 Å². The van der Waals surface area contributed by atoms with Crippen LogP contribution in [0.4, 0.5) is 0 Å². The molecule has 5 nitrogen and oxygen atoms in total. The van der Waals surface area contributed by atoms with E-state index in [4.69, 9.17) is 10.9 Å². The van der Waals surface area contributed by atoms with Gasteiger partial charge in [-0.15, -0.1) is 0 Å². The van der Waals surface area contributed by atoms with Gasteiger partial charge < -0.3 is 16.3 Å². The molecule has 0 aliphatic heterocycles. The summed E-state index contributed by atoms with van der Waals surface area (Å²) in [5.41, 5.74) is 7.30. The molecule has 0 spiro atoms. The van der Waals surface area contributed by atoms with Crippen molar-refractivity contribution in [2.45, 2.75) is 33.1 Å². The Balaban J connectivity index is 1.92. The Hall–Kier alpha value is -2.04. The predicted octanol–water partition coefficient (Wildman–Crippen LogP) is 1.82. The van der Waals surface area contributed by atoms with Gasteiger partial charge in [0.1, 0.15) is 5.41 Å². The standard InChI is InChI=1S/C16H23N3O2/c1-11-4-3-5-13(8-11)6-7-18-15(20)16(14(17)19-21)9-12(2)10-16/h3-5,8,12,21H,6-7,9-10H2,1-2H3,(H2,17,19)(H,18,20). The molecule has 0 bridgehead atoms. The number of amidine groups is 1. The van der Waals surface area contributed by atoms with Crippen molar-refractivity contribution >= 4 is 11.7 Å². The lowest BCUT2D eigenvalue weighted by Gasteiger charge is -2.43. The van der Waals surface area contributed by atoms with Crippen LogP contribution in [0.1, 0.15) is 30.9 Å². The number of carbonyl (C=O) groups is 1. The number of aryl methyl sites for hydroxylation is 1. The SMILES string of the molecule is Cc1cccc(CCNC(=O)C2(/C(N)=N/O)CC(C)C2)c1. The van der Waals surface area contributed by atoms with Crippen molar-refractivity contribution in [3.8, 4) is 0 Å². The maximum Gasteiger partial charge on any atom is 0.233 e. The molecule has 1 fully saturated rings. The molecule has 1 aliphatic rings. The lowest BCUT2D eigenvalue weighted by Crippen LogP contribution is -2.57. The molecule has 4 N–H and O–H groups in total. The van der Waals surface area contributed by atoms with Gasteiger partial charge in [-0.05, 0) is 37.7 Å². The Labute approximate surface area is 125 Å². The van der Waals surface area contributed by atoms with E-state index in [1.54, 1.807) is 0 Å². The Kier molecular flexibility index (Phi) is 4.50. The van der Waals surface area contributed by atoms with E-state index in [-0.39, 0.29) is 11.7 Å². The summed E-state index contributed by atoms with van der Waals surface area (Å²) >= 11 is 0. The number of nitrogens with zero attached hydrogens (tertiary/aromatic N) is 1. The van der Waals surface area contributed by atoms with Crippen molar-refractivity contribution in [1.29, 1.82) is 0 Å². The fraction of sp³-hybridized carbons (Fsp3) is 0.500. The van der Waals surface area contributed by atoms with E-state index in [9.17, 15) is 4.79 Å². The van der Waals surface area contributed by atoms with Gasteiger partial charge in [-0.25, -0.2) is 0 Å². The van der Waals surface area contributed by atoms with E-state index >= 15 is 0 Å². The Morgan fingerprint density at radius 2 is 2.24 bits per heavy atom. The van der Waals surface area contributed by atoms with Crippen LogP contribution < -0.4 is 11.1 Å². The van der Waals surface area contributed by atoms with Gasteiger partial charge in [0.05, 0.1) is 0 Å². The molecule has 0 unspecified atom stereocenters. The second-order valence-electron chi connectivity index (χ2n) is 6.08. The fourth-order valence-corrected chi connectivity index (χ4v) is 3.09. The van der Waals surface area contributed by atoms with Crippen LogP contribution in [0, 0.1) is 18.3 Å². The first-order chi connectivity index (χ1) is 9.98. The van der Waals surface area contributed by atoms with E-state index in [0.29, 0.717) is 25.3 Å². The number of rotatable bonds is 5. The van der Waals surface area contributed by atoms with Crippen LogP contribution in [0.3, 0.4) is 0 Å². The number of nitrogens with two attached hydrogens (primary N) is 1. The largest absolute Gasteiger partial charge is 0.409 e. The van der Waals surface area contributed by atoms with Gasteiger partial charge in [-0.1, -0.05) is 41.9 Å². The smallest absolute Gasteiger partial charge is 0.233 e. The van der Waals surface area contributed by atoms with Crippen LogP contribution in [0.15, 0.2) is 29.4 Å². The first-order valence-corrected chi connectivity index (χ1v) is 7.30. The molecule has 0 aromatic heterocycles. The average molecular weight is 289 g/mol. The second kappa shape index (κ2) is 6.16. The number of hydrogen-bond donors (Lipinski definition) is 3. The van der Waals surface area contributed by atoms with Crippen molar-refractivity contribution in [3.05, 3.63) is 35.4 Å². The molecule has 0 radical (unpaired) electrons. The van der Waals surface area contributed by atoms with Gasteiger partial charge >= 0.3 is 0 Å². The quantitative estimate of drug-likeness (QED) is 0.334. The van der Waals surface area contributed by atoms with E-state index in [1.807, 2.05) is 25.1 Å². The zero-order valence-electron chi connectivity index (χ0n) is 12.6. The maximum absolute atomic E-state index is 12.4. The van der Waals surface area contributed by atoms with Crippen molar-refractivity contribution in [1.82, 2.24) is 5.32 Å². The highest BCUT2D eigenvalue weighted by molar-refractivity contribution is 6.07. The third-order valence-corrected chi connectivity index (χ3v) is 4.21. The molecule has 1 saturated carbocycles. The lowest BCUT2D eigenvalue weighted by molar-refractivity contribution is -0.133. The monoisotopic (exact) mass is 289 g/mol. The van der Waals surface area contributed by atoms with Gasteiger partial charge in [-0.3, -0.25) is 4.79 Å². The summed E-state index contributed by atoms with van der Waals surface area (Å²) in [6.07, 6.45) is 2.05. The number of hydrogen-bond acceptors (Lipinski definition) is 3. The van der Waals surface area contributed by atoms with Crippen molar-refractivity contribution in [3.63, 3.8) is 0 Å². The number of nitrogens with one attached hydrogen (secondary N) is 1. The van der Waals surface area contributed by atoms with E-state index in [2.05, 4.69) is 23.5 Å². The molecule has 1 aromatic rings. The summed E-state index contributed by atoms with van der Waals surface area (Å²) in [5, 5.41) is 14.9. The van der Waals surface area contributed by atoms with Crippen LogP contribution in [0.2, 0.25) is 0 Å². The second-order valence-corrected chi connectivity index (χ2v) is 6.08. The molecule has 114 valence electrons. The molecule has 0 atom stereocenters. The maximum atomic E-state index is 12.4. The Morgan fingerprint density at radius 3 is 2.81 bits per heavy atom. The average Bonchev–Trinajstić information content (AvgIpc) is 2.42. The number of benzene rings is 1. The minimum atomic E-state index is -0.819. The van der Waals surface area contributed by atoms with Gasteiger partial charge in [0.25, 0.3) is 0 Å². The number of amides is 1. The summed E-state index contributed by atoms with van der Waals surface area (Å²) in [4.78, 5) is 12.4. The van der Waals surface area contributed by atoms with Crippen LogP contribution >= 0.6 is 0 Å². The minimum Gasteiger partial charge on any atom is -0.409 e. The summed E-state index contributed by atoms with van der Waals surface area (Å²) in [6.45, 7) is 4.66. The third-order valence-electron chi connectivity index (χ3n) is 4.21. The molecular weight excluding hydrogens is 266 g/mol. The van der Waals surface area contributed by atoms with Gasteiger partial charge in [0, 0.05) is 6.54 Å². The van der Waals surface area contributed by atoms with Crippen molar-refractivity contribution < 1.29 is 10.0 Å². The highest BCUT2D eigenvalue weighted by Crippen LogP contribution is 2.45. The highest BCUT2D eigenvalue weighted by atomic mass is 16.4. The molecule has 0 saturated heterocycles. The van der Waals surface area contributed by atoms with Crippen molar-refractivity contribution in [2.24, 2.45) is 22.2 Å². The molecular formula is C16H23N3O2. The minimum absolute atomic E-state index is 0.0219. The normalized spacial score (nSPS) is 25.2. The fourth-order valence-electron chi connectivity index (χ4n) is 3.09. The summed E-state index contributed by atoms with van der Waals surface area (Å²) in [7, 11) is 0. The van der Waals surface area contributed by atoms with Crippen LogP contribution in [-0.2, 0) is 11.2 Å². The van der Waals surface area contributed by atoms with Crippen LogP contribution in [0.5, 0.6) is 0 Å². The van der Waals surface area contributed by atoms with Gasteiger partial charge in [0.15, 0.2) is 5.84 Å². The summed E-state index contributed by atoms with van der Waals surface area (Å²) in [6, 6.07) is 8.21. The van der Waals surface area contributed by atoms with E-state index < -0.39 is 5.41 Å². The Bertz CT molecular complexity index is 548. The van der Waals surface area contributed by atoms with Gasteiger partial charge in [-0.2, -0.15) is 0 Å². The van der Waals surface area contributed by atoms with Crippen LogP contribution in [0.25, 0.3) is 0 Å².